The van der Waals surface area contributed by atoms with Gasteiger partial charge >= 0.3 is 0 Å². The number of hydrogen-bond acceptors (Lipinski definition) is 4. The number of aromatic nitrogens is 1. The number of nitrogens with two attached hydrogens (primary N) is 1. The molecule has 2 unspecified atom stereocenters. The second-order valence-corrected chi connectivity index (χ2v) is 3.34. The lowest BCUT2D eigenvalue weighted by atomic mass is 10.0. The summed E-state index contributed by atoms with van der Waals surface area (Å²) >= 11 is 0. The van der Waals surface area contributed by atoms with E-state index in [1.807, 2.05) is 6.92 Å². The van der Waals surface area contributed by atoms with Gasteiger partial charge in [0, 0.05) is 12.6 Å². The van der Waals surface area contributed by atoms with Crippen molar-refractivity contribution < 1.29 is 10.2 Å². The largest absolute Gasteiger partial charge is 0.390 e. The highest BCUT2D eigenvalue weighted by Crippen LogP contribution is 2.09. The Balaban J connectivity index is 2.60. The first-order chi connectivity index (χ1) is 6.63. The van der Waals surface area contributed by atoms with Crippen LogP contribution < -0.4 is 5.73 Å². The lowest BCUT2D eigenvalue weighted by Gasteiger charge is -2.15. The van der Waals surface area contributed by atoms with Gasteiger partial charge in [-0.2, -0.15) is 0 Å². The SMILES string of the molecule is CCC(O)C(O)Cc1ccnc(N)c1. The van der Waals surface area contributed by atoms with Gasteiger partial charge in [-0.15, -0.1) is 0 Å². The van der Waals surface area contributed by atoms with Crippen LogP contribution in [0.3, 0.4) is 0 Å². The molecule has 0 fully saturated rings. The van der Waals surface area contributed by atoms with E-state index in [1.165, 1.54) is 0 Å². The van der Waals surface area contributed by atoms with Crippen molar-refractivity contribution in [2.75, 3.05) is 5.73 Å². The number of rotatable bonds is 4. The standard InChI is InChI=1S/C10H16N2O2/c1-2-8(13)9(14)5-7-3-4-12-10(11)6-7/h3-4,6,8-9,13-14H,2,5H2,1H3,(H2,11,12). The summed E-state index contributed by atoms with van der Waals surface area (Å²) in [6.45, 7) is 1.83. The van der Waals surface area contributed by atoms with Gasteiger partial charge in [0.2, 0.25) is 0 Å². The van der Waals surface area contributed by atoms with Crippen LogP contribution in [0.4, 0.5) is 5.82 Å². The van der Waals surface area contributed by atoms with Crippen LogP contribution in [-0.4, -0.2) is 27.4 Å². The van der Waals surface area contributed by atoms with Crippen LogP contribution in [0, 0.1) is 0 Å². The molecule has 0 saturated carbocycles. The molecule has 4 heteroatoms. The van der Waals surface area contributed by atoms with E-state index >= 15 is 0 Å². The van der Waals surface area contributed by atoms with Gasteiger partial charge in [0.15, 0.2) is 0 Å². The van der Waals surface area contributed by atoms with Crippen LogP contribution in [0.1, 0.15) is 18.9 Å². The van der Waals surface area contributed by atoms with Crippen molar-refractivity contribution in [3.05, 3.63) is 23.9 Å². The molecule has 0 aliphatic rings. The molecule has 1 aromatic heterocycles. The number of anilines is 1. The van der Waals surface area contributed by atoms with E-state index in [4.69, 9.17) is 5.73 Å². The normalized spacial score (nSPS) is 15.1. The Morgan fingerprint density at radius 2 is 2.14 bits per heavy atom. The Hall–Kier alpha value is -1.13. The van der Waals surface area contributed by atoms with E-state index < -0.39 is 12.2 Å². The minimum Gasteiger partial charge on any atom is -0.390 e. The van der Waals surface area contributed by atoms with Gasteiger partial charge in [-0.1, -0.05) is 6.92 Å². The fraction of sp³-hybridized carbons (Fsp3) is 0.500. The number of hydrogen-bond donors (Lipinski definition) is 3. The van der Waals surface area contributed by atoms with Crippen molar-refractivity contribution in [3.8, 4) is 0 Å². The summed E-state index contributed by atoms with van der Waals surface area (Å²) in [5.74, 6) is 0.431. The summed E-state index contributed by atoms with van der Waals surface area (Å²) in [7, 11) is 0. The molecule has 0 aliphatic carbocycles. The topological polar surface area (TPSA) is 79.4 Å². The van der Waals surface area contributed by atoms with Gasteiger partial charge in [-0.05, 0) is 24.1 Å². The average Bonchev–Trinajstić information content (AvgIpc) is 2.16. The molecule has 0 aromatic carbocycles. The van der Waals surface area contributed by atoms with Crippen LogP contribution in [0.15, 0.2) is 18.3 Å². The molecule has 0 bridgehead atoms. The van der Waals surface area contributed by atoms with Crippen molar-refractivity contribution in [3.63, 3.8) is 0 Å². The van der Waals surface area contributed by atoms with Gasteiger partial charge in [0.05, 0.1) is 12.2 Å². The lowest BCUT2D eigenvalue weighted by molar-refractivity contribution is 0.0181. The van der Waals surface area contributed by atoms with Crippen LogP contribution in [0.5, 0.6) is 0 Å². The maximum atomic E-state index is 9.55. The molecule has 0 spiro atoms. The Kier molecular flexibility index (Phi) is 3.85. The Labute approximate surface area is 83.4 Å². The Morgan fingerprint density at radius 1 is 1.43 bits per heavy atom. The van der Waals surface area contributed by atoms with Gasteiger partial charge in [-0.3, -0.25) is 0 Å². The van der Waals surface area contributed by atoms with E-state index in [2.05, 4.69) is 4.98 Å². The zero-order valence-corrected chi connectivity index (χ0v) is 8.22. The van der Waals surface area contributed by atoms with E-state index in [1.54, 1.807) is 18.3 Å². The molecular formula is C10H16N2O2. The molecular weight excluding hydrogens is 180 g/mol. The fourth-order valence-corrected chi connectivity index (χ4v) is 1.27. The minimum absolute atomic E-state index is 0.404. The van der Waals surface area contributed by atoms with Crippen molar-refractivity contribution in [2.45, 2.75) is 32.0 Å². The highest BCUT2D eigenvalue weighted by Gasteiger charge is 2.14. The number of nitrogen functional groups attached to an aromatic ring is 1. The maximum absolute atomic E-state index is 9.55. The Bertz CT molecular complexity index is 291. The zero-order chi connectivity index (χ0) is 10.6. The molecule has 0 saturated heterocycles. The molecule has 0 radical (unpaired) electrons. The van der Waals surface area contributed by atoms with E-state index in [-0.39, 0.29) is 0 Å². The number of aliphatic hydroxyl groups is 2. The maximum Gasteiger partial charge on any atom is 0.123 e. The highest BCUT2D eigenvalue weighted by molar-refractivity contribution is 5.32. The highest BCUT2D eigenvalue weighted by atomic mass is 16.3. The molecule has 78 valence electrons. The second-order valence-electron chi connectivity index (χ2n) is 3.34. The average molecular weight is 196 g/mol. The smallest absolute Gasteiger partial charge is 0.123 e. The fourth-order valence-electron chi connectivity index (χ4n) is 1.27. The van der Waals surface area contributed by atoms with E-state index in [9.17, 15) is 10.2 Å². The van der Waals surface area contributed by atoms with Gasteiger partial charge in [0.25, 0.3) is 0 Å². The van der Waals surface area contributed by atoms with Gasteiger partial charge in [0.1, 0.15) is 5.82 Å². The first kappa shape index (κ1) is 10.9. The third-order valence-electron chi connectivity index (χ3n) is 2.15. The van der Waals surface area contributed by atoms with Crippen molar-refractivity contribution in [1.82, 2.24) is 4.98 Å². The molecule has 14 heavy (non-hydrogen) atoms. The summed E-state index contributed by atoms with van der Waals surface area (Å²) in [6.07, 6.45) is 1.13. The van der Waals surface area contributed by atoms with Crippen LogP contribution in [0.25, 0.3) is 0 Å². The van der Waals surface area contributed by atoms with Gasteiger partial charge < -0.3 is 15.9 Å². The molecule has 1 aromatic rings. The monoisotopic (exact) mass is 196 g/mol. The molecule has 0 aliphatic heterocycles. The summed E-state index contributed by atoms with van der Waals surface area (Å²) < 4.78 is 0. The molecule has 1 rings (SSSR count). The molecule has 4 nitrogen and oxygen atoms in total. The first-order valence-corrected chi connectivity index (χ1v) is 4.70. The lowest BCUT2D eigenvalue weighted by Crippen LogP contribution is -2.27. The molecule has 2 atom stereocenters. The summed E-state index contributed by atoms with van der Waals surface area (Å²) in [5.41, 5.74) is 6.37. The van der Waals surface area contributed by atoms with Crippen molar-refractivity contribution in [2.24, 2.45) is 0 Å². The minimum atomic E-state index is -0.734. The molecule has 1 heterocycles. The number of pyridine rings is 1. The van der Waals surface area contributed by atoms with Crippen molar-refractivity contribution in [1.29, 1.82) is 0 Å². The van der Waals surface area contributed by atoms with Gasteiger partial charge in [-0.25, -0.2) is 4.98 Å². The predicted molar refractivity (Wildman–Crippen MR) is 54.7 cm³/mol. The number of aliphatic hydroxyl groups excluding tert-OH is 2. The first-order valence-electron chi connectivity index (χ1n) is 4.70. The quantitative estimate of drug-likeness (QED) is 0.648. The summed E-state index contributed by atoms with van der Waals surface area (Å²) in [5, 5.41) is 18.9. The third-order valence-corrected chi connectivity index (χ3v) is 2.15. The second kappa shape index (κ2) is 4.93. The number of nitrogens with zero attached hydrogens (tertiary/aromatic N) is 1. The van der Waals surface area contributed by atoms with Crippen LogP contribution in [-0.2, 0) is 6.42 Å². The summed E-state index contributed by atoms with van der Waals surface area (Å²) in [6, 6.07) is 3.48. The summed E-state index contributed by atoms with van der Waals surface area (Å²) in [4.78, 5) is 3.85. The van der Waals surface area contributed by atoms with Crippen LogP contribution >= 0.6 is 0 Å². The predicted octanol–water partition coefficient (Wildman–Crippen LogP) is 0.338. The Morgan fingerprint density at radius 3 is 2.71 bits per heavy atom. The molecule has 4 N–H and O–H groups in total. The van der Waals surface area contributed by atoms with Crippen LogP contribution in [0.2, 0.25) is 0 Å². The van der Waals surface area contributed by atoms with Crippen molar-refractivity contribution >= 4 is 5.82 Å². The zero-order valence-electron chi connectivity index (χ0n) is 8.22. The molecule has 0 amide bonds. The van der Waals surface area contributed by atoms with E-state index in [0.717, 1.165) is 5.56 Å². The van der Waals surface area contributed by atoms with E-state index in [0.29, 0.717) is 18.7 Å². The third kappa shape index (κ3) is 2.97.